The molecule has 2 atom stereocenters. The third kappa shape index (κ3) is 4.52. The molecular weight excluding hydrogens is 382 g/mol. The van der Waals surface area contributed by atoms with E-state index in [0.29, 0.717) is 30.3 Å². The van der Waals surface area contributed by atoms with Gasteiger partial charge in [0.15, 0.2) is 0 Å². The molecular formula is C21H20ClNO5. The highest BCUT2D eigenvalue weighted by Crippen LogP contribution is 2.49. The number of aliphatic carboxylic acids is 2. The summed E-state index contributed by atoms with van der Waals surface area (Å²) in [4.78, 5) is 20.7. The molecule has 2 aliphatic heterocycles. The second-order valence-corrected chi connectivity index (χ2v) is 6.89. The number of carbonyl (C=O) groups is 2. The number of carboxylic acids is 2. The molecule has 0 aliphatic carbocycles. The summed E-state index contributed by atoms with van der Waals surface area (Å²) < 4.78 is 29.3. The summed E-state index contributed by atoms with van der Waals surface area (Å²) in [5.41, 5.74) is 2.06. The number of rotatable bonds is 2. The van der Waals surface area contributed by atoms with Crippen molar-refractivity contribution in [1.82, 2.24) is 4.90 Å². The van der Waals surface area contributed by atoms with E-state index >= 15 is 0 Å². The first-order valence-corrected chi connectivity index (χ1v) is 8.89. The number of hydrogen-bond acceptors (Lipinski definition) is 4. The molecule has 0 unspecified atom stereocenters. The summed E-state index contributed by atoms with van der Waals surface area (Å²) in [6.45, 7) is -1.11. The monoisotopic (exact) mass is 404 g/mol. The average molecular weight is 405 g/mol. The smallest absolute Gasteiger partial charge is 0.328 e. The Hall–Kier alpha value is -2.83. The molecule has 2 aromatic carbocycles. The molecule has 0 aromatic heterocycles. The summed E-state index contributed by atoms with van der Waals surface area (Å²) in [5.74, 6) is -0.795. The second kappa shape index (κ2) is 8.46. The van der Waals surface area contributed by atoms with Crippen LogP contribution in [0, 0.1) is 0 Å². The standard InChI is InChI=1S/C17H16ClNO.C4H4O4/c1-19-9-14-12-4-2-3-5-16(12)20-17-7-6-11(18)8-13(17)15(14)10-19;5-3(6)1-2-4(7)8/h2-8,14-15H,9-10H2,1H3;1-2H,(H,5,6)(H,7,8)/b;2-1-/t14-,15-;/m0./s1/i1D3;. The fourth-order valence-corrected chi connectivity index (χ4v) is 3.66. The Labute approximate surface area is 171 Å². The van der Waals surface area contributed by atoms with Crippen molar-refractivity contribution >= 4 is 23.5 Å². The van der Waals surface area contributed by atoms with Crippen LogP contribution in [0.3, 0.4) is 0 Å². The third-order valence-electron chi connectivity index (χ3n) is 4.60. The molecule has 0 saturated carbocycles. The highest BCUT2D eigenvalue weighted by molar-refractivity contribution is 6.30. The van der Waals surface area contributed by atoms with Gasteiger partial charge < -0.3 is 19.8 Å². The topological polar surface area (TPSA) is 87.1 Å². The van der Waals surface area contributed by atoms with Crippen molar-refractivity contribution in [1.29, 1.82) is 0 Å². The van der Waals surface area contributed by atoms with E-state index in [0.717, 1.165) is 22.6 Å². The molecule has 1 fully saturated rings. The zero-order chi connectivity index (χ0) is 22.8. The van der Waals surface area contributed by atoms with Crippen LogP contribution < -0.4 is 4.74 Å². The van der Waals surface area contributed by atoms with Gasteiger partial charge in [0.2, 0.25) is 0 Å². The lowest BCUT2D eigenvalue weighted by atomic mass is 9.84. The zero-order valence-electron chi connectivity index (χ0n) is 17.7. The molecule has 0 spiro atoms. The van der Waals surface area contributed by atoms with Crippen molar-refractivity contribution in [3.8, 4) is 11.5 Å². The number of nitrogens with zero attached hydrogens (tertiary/aromatic N) is 1. The van der Waals surface area contributed by atoms with E-state index in [1.54, 1.807) is 11.0 Å². The second-order valence-electron chi connectivity index (χ2n) is 6.45. The van der Waals surface area contributed by atoms with Gasteiger partial charge in [0.1, 0.15) is 11.5 Å². The Morgan fingerprint density at radius 1 is 1.07 bits per heavy atom. The Balaban J connectivity index is 0.000000293. The van der Waals surface area contributed by atoms with E-state index in [9.17, 15) is 9.59 Å². The van der Waals surface area contributed by atoms with Gasteiger partial charge in [-0.25, -0.2) is 9.59 Å². The third-order valence-corrected chi connectivity index (χ3v) is 4.83. The predicted octanol–water partition coefficient (Wildman–Crippen LogP) is 3.97. The lowest BCUT2D eigenvalue weighted by Gasteiger charge is -2.17. The first-order chi connectivity index (χ1) is 14.6. The van der Waals surface area contributed by atoms with Gasteiger partial charge in [-0.1, -0.05) is 29.8 Å². The molecule has 1 saturated heterocycles. The van der Waals surface area contributed by atoms with Gasteiger partial charge in [-0.3, -0.25) is 0 Å². The quantitative estimate of drug-likeness (QED) is 0.736. The van der Waals surface area contributed by atoms with Crippen LogP contribution in [-0.2, 0) is 9.59 Å². The Morgan fingerprint density at radius 3 is 2.32 bits per heavy atom. The maximum Gasteiger partial charge on any atom is 0.328 e. The van der Waals surface area contributed by atoms with Gasteiger partial charge in [-0.15, -0.1) is 0 Å². The molecule has 0 bridgehead atoms. The van der Waals surface area contributed by atoms with Gasteiger partial charge in [-0.2, -0.15) is 0 Å². The lowest BCUT2D eigenvalue weighted by Crippen LogP contribution is -2.14. The lowest BCUT2D eigenvalue weighted by molar-refractivity contribution is -0.134. The number of para-hydroxylation sites is 1. The summed E-state index contributed by atoms with van der Waals surface area (Å²) >= 11 is 6.18. The van der Waals surface area contributed by atoms with E-state index in [1.165, 1.54) is 0 Å². The Kier molecular flexibility index (Phi) is 4.88. The van der Waals surface area contributed by atoms with Crippen LogP contribution in [0.5, 0.6) is 11.5 Å². The minimum absolute atomic E-state index is 0.0628. The molecule has 2 N–H and O–H groups in total. The summed E-state index contributed by atoms with van der Waals surface area (Å²) in [7, 11) is 0. The number of hydrogen-bond donors (Lipinski definition) is 2. The van der Waals surface area contributed by atoms with E-state index in [-0.39, 0.29) is 11.8 Å². The average Bonchev–Trinajstić information content (AvgIpc) is 3.09. The van der Waals surface area contributed by atoms with E-state index < -0.39 is 18.9 Å². The number of fused-ring (bicyclic) bond motifs is 5. The van der Waals surface area contributed by atoms with E-state index in [4.69, 9.17) is 30.7 Å². The fourth-order valence-electron chi connectivity index (χ4n) is 3.48. The van der Waals surface area contributed by atoms with Crippen molar-refractivity contribution in [3.63, 3.8) is 0 Å². The number of likely N-dealkylation sites (N-methyl/N-ethyl adjacent to an activating group) is 1. The molecule has 28 heavy (non-hydrogen) atoms. The number of ether oxygens (including phenoxy) is 1. The largest absolute Gasteiger partial charge is 0.478 e. The molecule has 2 heterocycles. The Bertz CT molecular complexity index is 1010. The van der Waals surface area contributed by atoms with Crippen molar-refractivity contribution in [2.75, 3.05) is 20.1 Å². The number of likely N-dealkylation sites (tertiary alicyclic amines) is 1. The van der Waals surface area contributed by atoms with Gasteiger partial charge in [0, 0.05) is 51.8 Å². The maximum absolute atomic E-state index is 9.55. The van der Waals surface area contributed by atoms with Crippen molar-refractivity contribution in [2.24, 2.45) is 0 Å². The highest BCUT2D eigenvalue weighted by Gasteiger charge is 2.38. The minimum Gasteiger partial charge on any atom is -0.478 e. The van der Waals surface area contributed by atoms with Crippen LogP contribution in [0.25, 0.3) is 0 Å². The van der Waals surface area contributed by atoms with Crippen molar-refractivity contribution < 1.29 is 28.7 Å². The molecule has 6 nitrogen and oxygen atoms in total. The molecule has 2 aromatic rings. The van der Waals surface area contributed by atoms with Crippen LogP contribution in [0.15, 0.2) is 54.6 Å². The molecule has 7 heteroatoms. The minimum atomic E-state index is -2.08. The molecule has 0 radical (unpaired) electrons. The van der Waals surface area contributed by atoms with Gasteiger partial charge in [0.05, 0.1) is 0 Å². The van der Waals surface area contributed by atoms with Crippen LogP contribution >= 0.6 is 11.6 Å². The van der Waals surface area contributed by atoms with Crippen LogP contribution in [0.1, 0.15) is 27.1 Å². The summed E-state index contributed by atoms with van der Waals surface area (Å²) in [6.07, 6.45) is 1.12. The van der Waals surface area contributed by atoms with Crippen LogP contribution in [-0.4, -0.2) is 47.1 Å². The molecule has 2 aliphatic rings. The molecule has 146 valence electrons. The van der Waals surface area contributed by atoms with Crippen LogP contribution in [0.2, 0.25) is 5.02 Å². The van der Waals surface area contributed by atoms with Crippen molar-refractivity contribution in [2.45, 2.75) is 11.8 Å². The van der Waals surface area contributed by atoms with Crippen LogP contribution in [0.4, 0.5) is 0 Å². The summed E-state index contributed by atoms with van der Waals surface area (Å²) in [6, 6.07) is 13.5. The van der Waals surface area contributed by atoms with E-state index in [2.05, 4.69) is 0 Å². The Morgan fingerprint density at radius 2 is 1.68 bits per heavy atom. The first kappa shape index (κ1) is 16.2. The van der Waals surface area contributed by atoms with Crippen molar-refractivity contribution in [3.05, 3.63) is 70.8 Å². The SMILES string of the molecule is O=C(O)/C=C\C(=O)O.[2H]C([2H])([2H])N1C[C@H]2c3ccccc3Oc3ccc(Cl)cc3[C@@H]2C1. The van der Waals surface area contributed by atoms with Gasteiger partial charge in [-0.05, 0) is 36.8 Å². The van der Waals surface area contributed by atoms with Gasteiger partial charge >= 0.3 is 11.9 Å². The van der Waals surface area contributed by atoms with Gasteiger partial charge in [0.25, 0.3) is 0 Å². The number of carboxylic acid groups (broad SMARTS) is 2. The number of halogens is 1. The normalized spacial score (nSPS) is 22.1. The molecule has 4 rings (SSSR count). The fraction of sp³-hybridized carbons (Fsp3) is 0.238. The van der Waals surface area contributed by atoms with E-state index in [1.807, 2.05) is 36.4 Å². The maximum atomic E-state index is 9.55. The highest BCUT2D eigenvalue weighted by atomic mass is 35.5. The summed E-state index contributed by atoms with van der Waals surface area (Å²) in [5, 5.41) is 16.3. The number of benzene rings is 2. The predicted molar refractivity (Wildman–Crippen MR) is 105 cm³/mol. The zero-order valence-corrected chi connectivity index (χ0v) is 15.5. The first-order valence-electron chi connectivity index (χ1n) is 10.0. The molecule has 0 amide bonds.